The van der Waals surface area contributed by atoms with E-state index in [9.17, 15) is 8.42 Å². The highest BCUT2D eigenvalue weighted by molar-refractivity contribution is 7.90. The van der Waals surface area contributed by atoms with Crippen molar-refractivity contribution in [3.63, 3.8) is 0 Å². The Hall–Kier alpha value is -1.99. The lowest BCUT2D eigenvalue weighted by molar-refractivity contribution is 0.0455. The zero-order valence-corrected chi connectivity index (χ0v) is 15.9. The van der Waals surface area contributed by atoms with Gasteiger partial charge in [-0.1, -0.05) is 12.1 Å². The topological polar surface area (TPSA) is 75.2 Å². The molecule has 6 nitrogen and oxygen atoms in total. The van der Waals surface area contributed by atoms with Gasteiger partial charge in [0.1, 0.15) is 0 Å². The van der Waals surface area contributed by atoms with Crippen LogP contribution in [0.15, 0.2) is 41.6 Å². The molecule has 4 heterocycles. The fourth-order valence-corrected chi connectivity index (χ4v) is 4.77. The van der Waals surface area contributed by atoms with Gasteiger partial charge in [0.25, 0.3) is 0 Å². The number of hydrogen-bond donors (Lipinski definition) is 1. The van der Waals surface area contributed by atoms with Crippen LogP contribution in [0.25, 0.3) is 11.1 Å². The molecule has 0 spiro atoms. The first-order chi connectivity index (χ1) is 12.4. The van der Waals surface area contributed by atoms with Crippen LogP contribution >= 0.6 is 0 Å². The molecule has 0 aliphatic carbocycles. The van der Waals surface area contributed by atoms with Crippen LogP contribution in [0.4, 0.5) is 5.95 Å². The maximum absolute atomic E-state index is 11.6. The minimum atomic E-state index is -3.18. The Balaban J connectivity index is 1.48. The van der Waals surface area contributed by atoms with E-state index >= 15 is 0 Å². The van der Waals surface area contributed by atoms with E-state index in [0.29, 0.717) is 28.8 Å². The van der Waals surface area contributed by atoms with Crippen LogP contribution in [-0.4, -0.2) is 54.7 Å². The van der Waals surface area contributed by atoms with Gasteiger partial charge in [-0.3, -0.25) is 4.90 Å². The fraction of sp³-hybridized carbons (Fsp3) is 0.474. The summed E-state index contributed by atoms with van der Waals surface area (Å²) in [5.74, 6) is 1.36. The van der Waals surface area contributed by atoms with Crippen LogP contribution in [0.3, 0.4) is 0 Å². The summed E-state index contributed by atoms with van der Waals surface area (Å²) >= 11 is 0. The standard InChI is InChI=1S/C19H24N4O2S/c1-13-18(15-7-9-23(13)10-8-15)22-19-20-11-16(12-21-19)14-3-5-17(6-4-14)26(2,24)25/h3-6,11-13,15,18H,7-10H2,1-2H3,(H,20,21,22). The molecule has 2 bridgehead atoms. The van der Waals surface area contributed by atoms with Gasteiger partial charge in [0.2, 0.25) is 5.95 Å². The predicted molar refractivity (Wildman–Crippen MR) is 102 cm³/mol. The SMILES string of the molecule is CC1C(Nc2ncc(-c3ccc(S(C)(=O)=O)cc3)cn2)C2CCN1CC2. The third-order valence-electron chi connectivity index (χ3n) is 5.74. The van der Waals surface area contributed by atoms with E-state index in [4.69, 9.17) is 0 Å². The van der Waals surface area contributed by atoms with Crippen molar-refractivity contribution in [2.45, 2.75) is 36.7 Å². The molecule has 1 aromatic carbocycles. The van der Waals surface area contributed by atoms with Gasteiger partial charge in [-0.2, -0.15) is 0 Å². The molecule has 0 saturated carbocycles. The molecule has 2 atom stereocenters. The molecule has 0 amide bonds. The van der Waals surface area contributed by atoms with Crippen molar-refractivity contribution in [3.8, 4) is 11.1 Å². The molecule has 3 fully saturated rings. The Morgan fingerprint density at radius 3 is 2.19 bits per heavy atom. The first-order valence-corrected chi connectivity index (χ1v) is 10.9. The Morgan fingerprint density at radius 1 is 1.04 bits per heavy atom. The molecule has 7 heteroatoms. The minimum absolute atomic E-state index is 0.316. The highest BCUT2D eigenvalue weighted by Crippen LogP contribution is 2.33. The van der Waals surface area contributed by atoms with Crippen LogP contribution in [0, 0.1) is 5.92 Å². The molecule has 26 heavy (non-hydrogen) atoms. The number of hydrogen-bond acceptors (Lipinski definition) is 6. The second-order valence-corrected chi connectivity index (χ2v) is 9.39. The Kier molecular flexibility index (Phi) is 4.44. The second kappa shape index (κ2) is 6.63. The van der Waals surface area contributed by atoms with Crippen LogP contribution in [-0.2, 0) is 9.84 Å². The summed E-state index contributed by atoms with van der Waals surface area (Å²) in [5.41, 5.74) is 1.78. The fourth-order valence-electron chi connectivity index (χ4n) is 4.14. The largest absolute Gasteiger partial charge is 0.350 e. The van der Waals surface area contributed by atoms with Crippen LogP contribution < -0.4 is 5.32 Å². The number of fused-ring (bicyclic) bond motifs is 3. The van der Waals surface area contributed by atoms with Gasteiger partial charge in [-0.25, -0.2) is 18.4 Å². The number of benzene rings is 1. The summed E-state index contributed by atoms with van der Waals surface area (Å²) in [6, 6.07) is 7.72. The average Bonchev–Trinajstić information content (AvgIpc) is 2.65. The normalized spacial score (nSPS) is 28.1. The zero-order chi connectivity index (χ0) is 18.3. The molecule has 2 aromatic rings. The highest BCUT2D eigenvalue weighted by atomic mass is 32.2. The maximum Gasteiger partial charge on any atom is 0.222 e. The van der Waals surface area contributed by atoms with Gasteiger partial charge >= 0.3 is 0 Å². The highest BCUT2D eigenvalue weighted by Gasteiger charge is 2.39. The zero-order valence-electron chi connectivity index (χ0n) is 15.1. The number of anilines is 1. The summed E-state index contributed by atoms with van der Waals surface area (Å²) in [7, 11) is -3.18. The summed E-state index contributed by atoms with van der Waals surface area (Å²) in [6.45, 7) is 4.68. The van der Waals surface area contributed by atoms with Gasteiger partial charge in [0, 0.05) is 36.3 Å². The second-order valence-electron chi connectivity index (χ2n) is 7.38. The number of sulfone groups is 1. The molecule has 3 aliphatic heterocycles. The average molecular weight is 372 g/mol. The molecule has 1 N–H and O–H groups in total. The van der Waals surface area contributed by atoms with Gasteiger partial charge < -0.3 is 5.32 Å². The Labute approximate surface area is 154 Å². The van der Waals surface area contributed by atoms with Crippen molar-refractivity contribution in [3.05, 3.63) is 36.7 Å². The number of aromatic nitrogens is 2. The molecule has 2 unspecified atom stereocenters. The number of rotatable bonds is 4. The number of nitrogens with one attached hydrogen (secondary N) is 1. The van der Waals surface area contributed by atoms with Crippen molar-refractivity contribution in [2.24, 2.45) is 5.92 Å². The van der Waals surface area contributed by atoms with Crippen molar-refractivity contribution in [2.75, 3.05) is 24.7 Å². The quantitative estimate of drug-likeness (QED) is 0.888. The number of piperidine rings is 3. The lowest BCUT2D eigenvalue weighted by Crippen LogP contribution is -2.59. The van der Waals surface area contributed by atoms with Gasteiger partial charge in [0.15, 0.2) is 9.84 Å². The monoisotopic (exact) mass is 372 g/mol. The van der Waals surface area contributed by atoms with E-state index in [1.54, 1.807) is 36.7 Å². The van der Waals surface area contributed by atoms with Gasteiger partial charge in [0.05, 0.1) is 4.90 Å². The lowest BCUT2D eigenvalue weighted by atomic mass is 9.79. The third kappa shape index (κ3) is 3.33. The van der Waals surface area contributed by atoms with E-state index in [-0.39, 0.29) is 0 Å². The molecular weight excluding hydrogens is 348 g/mol. The molecule has 3 saturated heterocycles. The smallest absolute Gasteiger partial charge is 0.222 e. The van der Waals surface area contributed by atoms with Crippen molar-refractivity contribution < 1.29 is 8.42 Å². The number of nitrogens with zero attached hydrogens (tertiary/aromatic N) is 3. The summed E-state index contributed by atoms with van der Waals surface area (Å²) in [5, 5.41) is 3.53. The molecule has 138 valence electrons. The Bertz CT molecular complexity index is 871. The maximum atomic E-state index is 11.6. The van der Waals surface area contributed by atoms with E-state index < -0.39 is 9.84 Å². The lowest BCUT2D eigenvalue weighted by Gasteiger charge is -2.49. The minimum Gasteiger partial charge on any atom is -0.350 e. The molecule has 1 aromatic heterocycles. The molecule has 5 rings (SSSR count). The van der Waals surface area contributed by atoms with E-state index in [1.807, 2.05) is 0 Å². The van der Waals surface area contributed by atoms with E-state index in [0.717, 1.165) is 11.1 Å². The third-order valence-corrected chi connectivity index (χ3v) is 6.87. The van der Waals surface area contributed by atoms with Gasteiger partial charge in [-0.15, -0.1) is 0 Å². The summed E-state index contributed by atoms with van der Waals surface area (Å²) < 4.78 is 23.1. The first-order valence-electron chi connectivity index (χ1n) is 9.05. The van der Waals surface area contributed by atoms with Crippen LogP contribution in [0.5, 0.6) is 0 Å². The van der Waals surface area contributed by atoms with Crippen molar-refractivity contribution in [1.29, 1.82) is 0 Å². The van der Waals surface area contributed by atoms with E-state index in [1.165, 1.54) is 32.2 Å². The predicted octanol–water partition coefficient (Wildman–Crippen LogP) is 2.44. The van der Waals surface area contributed by atoms with Gasteiger partial charge in [-0.05, 0) is 56.5 Å². The van der Waals surface area contributed by atoms with E-state index in [2.05, 4.69) is 27.1 Å². The summed E-state index contributed by atoms with van der Waals surface area (Å²) in [4.78, 5) is 11.8. The van der Waals surface area contributed by atoms with Crippen molar-refractivity contribution >= 4 is 15.8 Å². The van der Waals surface area contributed by atoms with Crippen molar-refractivity contribution in [1.82, 2.24) is 14.9 Å². The van der Waals surface area contributed by atoms with Crippen LogP contribution in [0.2, 0.25) is 0 Å². The summed E-state index contributed by atoms with van der Waals surface area (Å²) in [6.07, 6.45) is 7.27. The molecular formula is C19H24N4O2S. The van der Waals surface area contributed by atoms with Crippen LogP contribution in [0.1, 0.15) is 19.8 Å². The molecule has 0 radical (unpaired) electrons. The first kappa shape index (κ1) is 17.4. The Morgan fingerprint density at radius 2 is 1.65 bits per heavy atom. The molecule has 3 aliphatic rings.